The smallest absolute Gasteiger partial charge is 0.387 e. The lowest BCUT2D eigenvalue weighted by atomic mass is 9.86. The van der Waals surface area contributed by atoms with Crippen molar-refractivity contribution in [3.63, 3.8) is 0 Å². The molecule has 1 aromatic rings. The Kier molecular flexibility index (Phi) is 7.16. The molecule has 0 bridgehead atoms. The summed E-state index contributed by atoms with van der Waals surface area (Å²) in [7, 11) is 0. The highest BCUT2D eigenvalue weighted by Crippen LogP contribution is 2.23. The van der Waals surface area contributed by atoms with Gasteiger partial charge in [-0.25, -0.2) is 0 Å². The Labute approximate surface area is 145 Å². The first-order valence-electron chi connectivity index (χ1n) is 8.51. The summed E-state index contributed by atoms with van der Waals surface area (Å²) in [5, 5.41) is 12.2. The maximum absolute atomic E-state index is 12.3. The molecule has 1 aliphatic rings. The summed E-state index contributed by atoms with van der Waals surface area (Å²) in [4.78, 5) is 23.7. The van der Waals surface area contributed by atoms with Crippen molar-refractivity contribution in [1.82, 2.24) is 5.32 Å². The number of ether oxygens (including phenoxy) is 1. The molecule has 1 amide bonds. The summed E-state index contributed by atoms with van der Waals surface area (Å²) in [6.45, 7) is -2.89. The zero-order valence-corrected chi connectivity index (χ0v) is 13.9. The molecule has 7 heteroatoms. The normalized spacial score (nSPS) is 21.2. The minimum atomic E-state index is -2.89. The molecule has 0 saturated heterocycles. The molecule has 0 aliphatic heterocycles. The lowest BCUT2D eigenvalue weighted by Crippen LogP contribution is -2.44. The Balaban J connectivity index is 1.93. The molecule has 0 aromatic heterocycles. The third kappa shape index (κ3) is 6.32. The monoisotopic (exact) mass is 355 g/mol. The van der Waals surface area contributed by atoms with E-state index < -0.39 is 18.5 Å². The Morgan fingerprint density at radius 1 is 1.12 bits per heavy atom. The van der Waals surface area contributed by atoms with Gasteiger partial charge in [0.05, 0.1) is 12.3 Å². The second-order valence-corrected chi connectivity index (χ2v) is 6.31. The number of aliphatic carboxylic acids is 1. The lowest BCUT2D eigenvalue weighted by Gasteiger charge is -2.27. The fraction of sp³-hybridized carbons (Fsp3) is 0.556. The summed E-state index contributed by atoms with van der Waals surface area (Å²) in [6, 6.07) is 5.48. The molecule has 1 fully saturated rings. The van der Waals surface area contributed by atoms with E-state index in [1.807, 2.05) is 0 Å². The van der Waals surface area contributed by atoms with E-state index in [9.17, 15) is 23.5 Å². The van der Waals surface area contributed by atoms with Crippen molar-refractivity contribution in [2.24, 2.45) is 5.92 Å². The number of carbonyl (C=O) groups excluding carboxylic acids is 1. The molecule has 0 spiro atoms. The van der Waals surface area contributed by atoms with Gasteiger partial charge in [-0.3, -0.25) is 9.59 Å². The first kappa shape index (κ1) is 19.1. The van der Waals surface area contributed by atoms with Gasteiger partial charge in [0.25, 0.3) is 0 Å². The average Bonchev–Trinajstić information content (AvgIpc) is 2.51. The molecule has 2 unspecified atom stereocenters. The number of rotatable bonds is 6. The number of alkyl halides is 2. The molecule has 5 nitrogen and oxygen atoms in total. The van der Waals surface area contributed by atoms with Crippen molar-refractivity contribution in [2.75, 3.05) is 0 Å². The van der Waals surface area contributed by atoms with E-state index in [0.29, 0.717) is 18.4 Å². The van der Waals surface area contributed by atoms with Gasteiger partial charge in [0.1, 0.15) is 5.75 Å². The number of hydrogen-bond donors (Lipinski definition) is 2. The molecule has 1 saturated carbocycles. The molecule has 0 heterocycles. The molecule has 1 aliphatic carbocycles. The highest BCUT2D eigenvalue weighted by molar-refractivity contribution is 5.80. The van der Waals surface area contributed by atoms with Gasteiger partial charge < -0.3 is 15.2 Å². The third-order valence-corrected chi connectivity index (χ3v) is 4.44. The topological polar surface area (TPSA) is 75.6 Å². The Hall–Kier alpha value is -2.18. The average molecular weight is 355 g/mol. The van der Waals surface area contributed by atoms with Crippen LogP contribution in [0, 0.1) is 5.92 Å². The van der Waals surface area contributed by atoms with E-state index in [1.54, 1.807) is 12.1 Å². The highest BCUT2D eigenvalue weighted by atomic mass is 19.3. The largest absolute Gasteiger partial charge is 0.481 e. The molecule has 25 heavy (non-hydrogen) atoms. The maximum atomic E-state index is 12.3. The zero-order chi connectivity index (χ0) is 18.2. The van der Waals surface area contributed by atoms with Crippen LogP contribution in [0.25, 0.3) is 0 Å². The lowest BCUT2D eigenvalue weighted by molar-refractivity contribution is -0.143. The second-order valence-electron chi connectivity index (χ2n) is 6.31. The van der Waals surface area contributed by atoms with Gasteiger partial charge in [0.15, 0.2) is 0 Å². The van der Waals surface area contributed by atoms with Gasteiger partial charge in [-0.1, -0.05) is 37.8 Å². The van der Waals surface area contributed by atoms with Gasteiger partial charge >= 0.3 is 12.6 Å². The van der Waals surface area contributed by atoms with Crippen LogP contribution in [0.15, 0.2) is 24.3 Å². The highest BCUT2D eigenvalue weighted by Gasteiger charge is 2.29. The van der Waals surface area contributed by atoms with Crippen LogP contribution in [0.4, 0.5) is 8.78 Å². The Bertz CT molecular complexity index is 577. The van der Waals surface area contributed by atoms with Crippen LogP contribution < -0.4 is 10.1 Å². The number of benzene rings is 1. The van der Waals surface area contributed by atoms with Crippen molar-refractivity contribution in [3.8, 4) is 5.75 Å². The number of carboxylic acid groups (broad SMARTS) is 1. The standard InChI is InChI=1S/C18H23F2NO4/c19-18(20)25-13-9-7-12(8-10-13)11-16(22)21-15-6-4-2-1-3-5-14(15)17(23)24/h7-10,14-15,18H,1-6,11H2,(H,21,22)(H,23,24). The summed E-state index contributed by atoms with van der Waals surface area (Å²) in [5.74, 6) is -1.67. The fourth-order valence-electron chi connectivity index (χ4n) is 3.18. The molecule has 2 atom stereocenters. The molecule has 1 aromatic carbocycles. The van der Waals surface area contributed by atoms with Crippen LogP contribution in [0.3, 0.4) is 0 Å². The SMILES string of the molecule is O=C(Cc1ccc(OC(F)F)cc1)NC1CCCCCCC1C(=O)O. The number of carbonyl (C=O) groups is 2. The van der Waals surface area contributed by atoms with Crippen molar-refractivity contribution >= 4 is 11.9 Å². The predicted molar refractivity (Wildman–Crippen MR) is 87.5 cm³/mol. The van der Waals surface area contributed by atoms with E-state index in [-0.39, 0.29) is 24.1 Å². The van der Waals surface area contributed by atoms with Crippen molar-refractivity contribution in [1.29, 1.82) is 0 Å². The quantitative estimate of drug-likeness (QED) is 0.820. The van der Waals surface area contributed by atoms with Crippen LogP contribution in [0.5, 0.6) is 5.75 Å². The molecular formula is C18H23F2NO4. The van der Waals surface area contributed by atoms with E-state index in [1.165, 1.54) is 12.1 Å². The Morgan fingerprint density at radius 2 is 1.76 bits per heavy atom. The van der Waals surface area contributed by atoms with Crippen LogP contribution >= 0.6 is 0 Å². The number of carboxylic acids is 1. The number of amides is 1. The van der Waals surface area contributed by atoms with Crippen LogP contribution in [0.2, 0.25) is 0 Å². The van der Waals surface area contributed by atoms with E-state index in [0.717, 1.165) is 25.7 Å². The molecule has 2 rings (SSSR count). The molecule has 2 N–H and O–H groups in total. The summed E-state index contributed by atoms with van der Waals surface area (Å²) in [6.07, 6.45) is 5.12. The number of nitrogens with one attached hydrogen (secondary N) is 1. The van der Waals surface area contributed by atoms with Crippen LogP contribution in [0.1, 0.15) is 44.1 Å². The summed E-state index contributed by atoms with van der Waals surface area (Å²) in [5.41, 5.74) is 0.650. The summed E-state index contributed by atoms with van der Waals surface area (Å²) >= 11 is 0. The third-order valence-electron chi connectivity index (χ3n) is 4.44. The van der Waals surface area contributed by atoms with E-state index in [2.05, 4.69) is 10.1 Å². The second kappa shape index (κ2) is 9.34. The van der Waals surface area contributed by atoms with E-state index in [4.69, 9.17) is 0 Å². The summed E-state index contributed by atoms with van der Waals surface area (Å²) < 4.78 is 28.5. The minimum Gasteiger partial charge on any atom is -0.481 e. The maximum Gasteiger partial charge on any atom is 0.387 e. The Morgan fingerprint density at radius 3 is 2.36 bits per heavy atom. The van der Waals surface area contributed by atoms with Gasteiger partial charge in [0, 0.05) is 6.04 Å². The van der Waals surface area contributed by atoms with Crippen molar-refractivity contribution in [2.45, 2.75) is 57.6 Å². The van der Waals surface area contributed by atoms with Gasteiger partial charge in [-0.05, 0) is 30.5 Å². The molecule has 138 valence electrons. The predicted octanol–water partition coefficient (Wildman–Crippen LogP) is 3.37. The number of halogens is 2. The first-order valence-corrected chi connectivity index (χ1v) is 8.51. The molecular weight excluding hydrogens is 332 g/mol. The van der Waals surface area contributed by atoms with Crippen molar-refractivity contribution in [3.05, 3.63) is 29.8 Å². The van der Waals surface area contributed by atoms with Crippen molar-refractivity contribution < 1.29 is 28.2 Å². The minimum absolute atomic E-state index is 0.0325. The van der Waals surface area contributed by atoms with Crippen LogP contribution in [-0.4, -0.2) is 29.6 Å². The first-order chi connectivity index (χ1) is 12.0. The van der Waals surface area contributed by atoms with Gasteiger partial charge in [-0.15, -0.1) is 0 Å². The number of hydrogen-bond acceptors (Lipinski definition) is 3. The zero-order valence-electron chi connectivity index (χ0n) is 13.9. The van der Waals surface area contributed by atoms with E-state index >= 15 is 0 Å². The fourth-order valence-corrected chi connectivity index (χ4v) is 3.18. The molecule has 0 radical (unpaired) electrons. The van der Waals surface area contributed by atoms with Crippen LogP contribution in [-0.2, 0) is 16.0 Å². The van der Waals surface area contributed by atoms with Gasteiger partial charge in [0.2, 0.25) is 5.91 Å². The van der Waals surface area contributed by atoms with Gasteiger partial charge in [-0.2, -0.15) is 8.78 Å².